The van der Waals surface area contributed by atoms with Gasteiger partial charge in [0.05, 0.1) is 81.1 Å². The van der Waals surface area contributed by atoms with Crippen LogP contribution in [0.5, 0.6) is 11.5 Å². The van der Waals surface area contributed by atoms with E-state index in [1.807, 2.05) is 74.5 Å². The van der Waals surface area contributed by atoms with Crippen LogP contribution in [0.25, 0.3) is 21.3 Å². The van der Waals surface area contributed by atoms with Gasteiger partial charge in [0.1, 0.15) is 17.9 Å². The first-order chi connectivity index (χ1) is 40.9. The number of halogens is 2. The second kappa shape index (κ2) is 31.7. The Bertz CT molecular complexity index is 2780. The topological polar surface area (TPSA) is 234 Å². The van der Waals surface area contributed by atoms with Gasteiger partial charge < -0.3 is 69.7 Å². The second-order valence-corrected chi connectivity index (χ2v) is 24.6. The number of rotatable bonds is 31. The van der Waals surface area contributed by atoms with Crippen LogP contribution in [0.3, 0.4) is 0 Å². The van der Waals surface area contributed by atoms with Crippen molar-refractivity contribution in [3.05, 3.63) is 53.2 Å². The molecule has 8 rings (SSSR count). The molecule has 85 heavy (non-hydrogen) atoms. The predicted octanol–water partition coefficient (Wildman–Crippen LogP) is 6.19. The van der Waals surface area contributed by atoms with Crippen molar-refractivity contribution >= 4 is 57.6 Å². The highest BCUT2D eigenvalue weighted by Crippen LogP contribution is 2.38. The molecule has 4 fully saturated rings. The van der Waals surface area contributed by atoms with E-state index in [0.717, 1.165) is 92.0 Å². The van der Waals surface area contributed by atoms with Gasteiger partial charge >= 0.3 is 0 Å². The second-order valence-electron chi connectivity index (χ2n) is 23.7. The van der Waals surface area contributed by atoms with Crippen LogP contribution in [-0.4, -0.2) is 207 Å². The number of piperidine rings is 2. The molecule has 6 heterocycles. The fraction of sp³-hybridized carbons (Fsp3) is 0.656. The average molecular weight is 1210 g/mol. The highest BCUT2D eigenvalue weighted by molar-refractivity contribution is 7.13. The Kier molecular flexibility index (Phi) is 24.2. The zero-order valence-corrected chi connectivity index (χ0v) is 51.1. The summed E-state index contributed by atoms with van der Waals surface area (Å²) in [6.07, 6.45) is 4.91. The van der Waals surface area contributed by atoms with Gasteiger partial charge in [0.25, 0.3) is 5.92 Å². The molecule has 468 valence electrons. The Balaban J connectivity index is 0.660. The third-order valence-corrected chi connectivity index (χ3v) is 17.1. The first-order valence-corrected chi connectivity index (χ1v) is 31.2. The van der Waals surface area contributed by atoms with Crippen molar-refractivity contribution in [2.24, 2.45) is 5.41 Å². The monoisotopic (exact) mass is 1210 g/mol. The lowest BCUT2D eigenvalue weighted by molar-refractivity contribution is -0.144. The first kappa shape index (κ1) is 65.1. The van der Waals surface area contributed by atoms with E-state index in [9.17, 15) is 33.1 Å². The summed E-state index contributed by atoms with van der Waals surface area (Å²) in [7, 11) is 1.62. The largest absolute Gasteiger partial charge is 0.493 e. The van der Waals surface area contributed by atoms with Gasteiger partial charge in [-0.15, -0.1) is 11.3 Å². The molecule has 0 radical (unpaired) electrons. The molecular formula is C61H89F2N11O10S. The number of carbonyl (C=O) groups excluding carboxylic acids is 4. The van der Waals surface area contributed by atoms with Gasteiger partial charge in [0, 0.05) is 102 Å². The third-order valence-electron chi connectivity index (χ3n) is 16.1. The Labute approximate surface area is 502 Å². The summed E-state index contributed by atoms with van der Waals surface area (Å²) in [4.78, 5) is 76.4. The number of aryl methyl sites for hydroxylation is 1. The number of fused-ring (bicyclic) bond motifs is 1. The molecule has 0 unspecified atom stereocenters. The molecule has 0 aliphatic carbocycles. The number of anilines is 2. The number of likely N-dealkylation sites (tertiary alicyclic amines) is 3. The lowest BCUT2D eigenvalue weighted by Crippen LogP contribution is -2.57. The molecule has 4 amide bonds. The van der Waals surface area contributed by atoms with Crippen LogP contribution in [-0.2, 0) is 39.9 Å². The molecule has 4 aliphatic heterocycles. The molecule has 24 heteroatoms. The van der Waals surface area contributed by atoms with E-state index in [-0.39, 0.29) is 108 Å². The minimum absolute atomic E-state index is 0.00552. The highest BCUT2D eigenvalue weighted by atomic mass is 32.1. The zero-order chi connectivity index (χ0) is 60.3. The van der Waals surface area contributed by atoms with E-state index < -0.39 is 35.4 Å². The molecule has 0 saturated carbocycles. The predicted molar refractivity (Wildman–Crippen MR) is 322 cm³/mol. The summed E-state index contributed by atoms with van der Waals surface area (Å²) in [5.41, 5.74) is 4.68. The number of amides is 4. The molecule has 4 aromatic rings. The van der Waals surface area contributed by atoms with Gasteiger partial charge in [-0.3, -0.25) is 19.2 Å². The molecule has 0 spiro atoms. The summed E-state index contributed by atoms with van der Waals surface area (Å²) in [5.74, 6) is -1.70. The van der Waals surface area contributed by atoms with Crippen LogP contribution in [0.15, 0.2) is 41.9 Å². The minimum Gasteiger partial charge on any atom is -0.493 e. The number of nitrogens with one attached hydrogen (secondary N) is 4. The Morgan fingerprint density at radius 3 is 2.13 bits per heavy atom. The zero-order valence-electron chi connectivity index (χ0n) is 50.3. The number of β-amino-alcohol motifs (C(OH)–C–C–N with tert-alkyl or cyclic N) is 1. The summed E-state index contributed by atoms with van der Waals surface area (Å²) >= 11 is 1.57. The molecule has 5 N–H and O–H groups in total. The smallest absolute Gasteiger partial charge is 0.251 e. The van der Waals surface area contributed by atoms with E-state index in [2.05, 4.69) is 36.1 Å². The molecule has 4 saturated heterocycles. The van der Waals surface area contributed by atoms with Crippen LogP contribution in [0.4, 0.5) is 20.5 Å². The van der Waals surface area contributed by atoms with Crippen LogP contribution < -0.4 is 35.6 Å². The minimum atomic E-state index is -2.69. The number of hydrogen-bond donors (Lipinski definition) is 5. The number of hydrogen-bond acceptors (Lipinski definition) is 18. The summed E-state index contributed by atoms with van der Waals surface area (Å²) in [6, 6.07) is 9.95. The number of nitrogens with zero attached hydrogens (tertiary/aromatic N) is 7. The number of ether oxygens (including phenoxy) is 5. The quantitative estimate of drug-likeness (QED) is 0.0353. The molecular weight excluding hydrogens is 1120 g/mol. The van der Waals surface area contributed by atoms with Gasteiger partial charge in [0.2, 0.25) is 29.6 Å². The average Bonchev–Trinajstić information content (AvgIpc) is 2.19. The van der Waals surface area contributed by atoms with E-state index in [0.29, 0.717) is 55.1 Å². The molecule has 21 nitrogen and oxygen atoms in total. The van der Waals surface area contributed by atoms with Gasteiger partial charge in [0.15, 0.2) is 11.5 Å². The Hall–Kier alpha value is -5.89. The van der Waals surface area contributed by atoms with Crippen molar-refractivity contribution in [2.75, 3.05) is 129 Å². The van der Waals surface area contributed by atoms with Crippen molar-refractivity contribution in [3.8, 4) is 21.9 Å². The van der Waals surface area contributed by atoms with Crippen molar-refractivity contribution in [1.82, 2.24) is 45.6 Å². The molecule has 3 atom stereocenters. The van der Waals surface area contributed by atoms with Crippen molar-refractivity contribution in [2.45, 2.75) is 135 Å². The van der Waals surface area contributed by atoms with Crippen molar-refractivity contribution in [3.63, 3.8) is 0 Å². The van der Waals surface area contributed by atoms with E-state index in [1.165, 1.54) is 17.7 Å². The van der Waals surface area contributed by atoms with E-state index >= 15 is 0 Å². The number of aliphatic hydroxyl groups is 1. The highest BCUT2D eigenvalue weighted by Gasteiger charge is 2.44. The molecule has 2 aromatic carbocycles. The first-order valence-electron chi connectivity index (χ1n) is 30.3. The molecule has 0 bridgehead atoms. The Morgan fingerprint density at radius 1 is 0.812 bits per heavy atom. The number of thiazole rings is 1. The number of aliphatic hydroxyl groups excluding tert-OH is 1. The standard InChI is InChI=1S/C61H89F2N11O10S/c1-42-54(85-41-66-42)44-12-10-43(11-13-44)39-65-57(78)49-36-46(75)40-74(49)58(79)55(60(2,3)4)69-53(77)17-31-82-33-35-83-34-32-81-30-16-52(76)64-20-8-23-72-25-14-45(15-26-72)67-56-47-37-50(80-5)51(84-29-9-24-71-21-6-7-22-71)38-48(47)68-59(70-56)73-27-18-61(62,63)19-28-73/h10-13,37-38,41,45-46,49,55,75H,6-9,14-36,39-40H2,1-5H3,(H,64,76)(H,65,78)(H,69,77)(H,67,68,70)/t46-,49+,55-/m1/s1. The molecule has 2 aromatic heterocycles. The number of benzene rings is 2. The normalized spacial score (nSPS) is 19.1. The van der Waals surface area contributed by atoms with Gasteiger partial charge in [-0.05, 0) is 87.7 Å². The SMILES string of the molecule is COc1cc2c(NC3CCN(CCCNC(=O)CCOCCOCCOCCC(=O)N[C@H](C(=O)N4C[C@H](O)C[C@H]4C(=O)NCc4ccc(-c5scnc5C)cc4)C(C)(C)C)CC3)nc(N3CCC(F)(F)CC3)nc2cc1OCCCN1CCCC1. The fourth-order valence-electron chi connectivity index (χ4n) is 11.2. The van der Waals surface area contributed by atoms with Gasteiger partial charge in [-0.1, -0.05) is 45.0 Å². The number of methoxy groups -OCH3 is 1. The lowest BCUT2D eigenvalue weighted by Gasteiger charge is -2.35. The number of alkyl halides is 2. The number of aromatic nitrogens is 3. The maximum absolute atomic E-state index is 14.2. The van der Waals surface area contributed by atoms with Crippen LogP contribution in [0.2, 0.25) is 0 Å². The molecule has 4 aliphatic rings. The van der Waals surface area contributed by atoms with Crippen molar-refractivity contribution < 1.29 is 56.7 Å². The fourth-order valence-corrected chi connectivity index (χ4v) is 12.0. The third kappa shape index (κ3) is 19.6. The lowest BCUT2D eigenvalue weighted by atomic mass is 9.85. The van der Waals surface area contributed by atoms with E-state index in [1.54, 1.807) is 18.4 Å². The van der Waals surface area contributed by atoms with Crippen LogP contribution in [0.1, 0.15) is 103 Å². The summed E-state index contributed by atoms with van der Waals surface area (Å²) in [5, 5.41) is 23.8. The Morgan fingerprint density at radius 2 is 1.47 bits per heavy atom. The van der Waals surface area contributed by atoms with E-state index in [4.69, 9.17) is 33.7 Å². The van der Waals surface area contributed by atoms with Crippen LogP contribution >= 0.6 is 11.3 Å². The van der Waals surface area contributed by atoms with Crippen LogP contribution in [0, 0.1) is 12.3 Å². The van der Waals surface area contributed by atoms with Crippen molar-refractivity contribution in [1.29, 1.82) is 0 Å². The van der Waals surface area contributed by atoms with Gasteiger partial charge in [-0.2, -0.15) is 4.98 Å². The van der Waals surface area contributed by atoms with Gasteiger partial charge in [-0.25, -0.2) is 18.7 Å². The maximum Gasteiger partial charge on any atom is 0.251 e. The maximum atomic E-state index is 14.2. The summed E-state index contributed by atoms with van der Waals surface area (Å²) in [6.45, 7) is 16.5. The number of carbonyl (C=O) groups is 4. The summed E-state index contributed by atoms with van der Waals surface area (Å²) < 4.78 is 57.3.